The molecule has 1 heterocycles. The van der Waals surface area contributed by atoms with Crippen LogP contribution in [0.25, 0.3) is 0 Å². The molecule has 1 saturated heterocycles. The molecule has 0 bridgehead atoms. The van der Waals surface area contributed by atoms with E-state index >= 15 is 0 Å². The fraction of sp³-hybridized carbons (Fsp3) is 1.00. The third-order valence-corrected chi connectivity index (χ3v) is 4.60. The topological polar surface area (TPSA) is 47.7 Å². The number of methoxy groups -OCH3 is 1. The van der Waals surface area contributed by atoms with Crippen LogP contribution in [0.2, 0.25) is 0 Å². The fourth-order valence-corrected chi connectivity index (χ4v) is 3.38. The predicted octanol–water partition coefficient (Wildman–Crippen LogP) is 1.24. The van der Waals surface area contributed by atoms with E-state index in [1.165, 1.54) is 12.8 Å². The second-order valence-corrected chi connectivity index (χ2v) is 5.87. The largest absolute Gasteiger partial charge is 0.383 e. The van der Waals surface area contributed by atoms with Gasteiger partial charge in [0.1, 0.15) is 0 Å². The molecule has 1 saturated carbocycles. The molecule has 106 valence electrons. The van der Waals surface area contributed by atoms with Crippen LogP contribution in [0, 0.1) is 5.92 Å². The number of hydrogen-bond donors (Lipinski definition) is 1. The number of nitrogens with zero attached hydrogens (tertiary/aromatic N) is 1. The summed E-state index contributed by atoms with van der Waals surface area (Å²) in [6.45, 7) is 7.63. The summed E-state index contributed by atoms with van der Waals surface area (Å²) in [5, 5.41) is 0. The van der Waals surface area contributed by atoms with E-state index in [0.29, 0.717) is 24.6 Å². The van der Waals surface area contributed by atoms with Crippen LogP contribution in [0.15, 0.2) is 0 Å². The van der Waals surface area contributed by atoms with Gasteiger partial charge in [0.2, 0.25) is 0 Å². The average molecular weight is 256 g/mol. The molecule has 2 rings (SSSR count). The summed E-state index contributed by atoms with van der Waals surface area (Å²) >= 11 is 0. The van der Waals surface area contributed by atoms with Crippen molar-refractivity contribution in [2.24, 2.45) is 11.7 Å². The Bertz CT molecular complexity index is 271. The minimum Gasteiger partial charge on any atom is -0.383 e. The molecule has 0 spiro atoms. The maximum absolute atomic E-state index is 6.17. The van der Waals surface area contributed by atoms with Crippen LogP contribution in [0.1, 0.15) is 33.1 Å². The van der Waals surface area contributed by atoms with Crippen molar-refractivity contribution in [2.75, 3.05) is 33.4 Å². The molecule has 18 heavy (non-hydrogen) atoms. The van der Waals surface area contributed by atoms with Crippen LogP contribution in [0.3, 0.4) is 0 Å². The van der Waals surface area contributed by atoms with E-state index in [4.69, 9.17) is 15.2 Å². The zero-order chi connectivity index (χ0) is 13.2. The van der Waals surface area contributed by atoms with Gasteiger partial charge in [0.05, 0.1) is 24.9 Å². The van der Waals surface area contributed by atoms with Gasteiger partial charge in [-0.25, -0.2) is 0 Å². The Kier molecular flexibility index (Phi) is 4.64. The standard InChI is InChI=1S/C14H28N2O2/c1-4-13-8-18-11(2)7-16(13)14(9-15,10-17-3)12-5-6-12/h11-13H,4-10,15H2,1-3H3. The van der Waals surface area contributed by atoms with Crippen LogP contribution in [0.4, 0.5) is 0 Å². The Morgan fingerprint density at radius 2 is 2.17 bits per heavy atom. The highest BCUT2D eigenvalue weighted by Crippen LogP contribution is 2.44. The van der Waals surface area contributed by atoms with Gasteiger partial charge in [0, 0.05) is 26.2 Å². The lowest BCUT2D eigenvalue weighted by Crippen LogP contribution is -2.66. The van der Waals surface area contributed by atoms with E-state index in [1.807, 2.05) is 0 Å². The number of hydrogen-bond acceptors (Lipinski definition) is 4. The summed E-state index contributed by atoms with van der Waals surface area (Å²) in [5.74, 6) is 0.710. The number of ether oxygens (including phenoxy) is 2. The molecule has 2 aliphatic rings. The lowest BCUT2D eigenvalue weighted by molar-refractivity contribution is -0.121. The maximum Gasteiger partial charge on any atom is 0.0675 e. The van der Waals surface area contributed by atoms with Crippen LogP contribution < -0.4 is 5.73 Å². The van der Waals surface area contributed by atoms with Crippen molar-refractivity contribution in [3.05, 3.63) is 0 Å². The molecule has 1 aliphatic heterocycles. The summed E-state index contributed by atoms with van der Waals surface area (Å²) in [6.07, 6.45) is 4.01. The summed E-state index contributed by atoms with van der Waals surface area (Å²) < 4.78 is 11.3. The van der Waals surface area contributed by atoms with Gasteiger partial charge in [-0.2, -0.15) is 0 Å². The van der Waals surface area contributed by atoms with Gasteiger partial charge in [-0.05, 0) is 32.1 Å². The first-order valence-electron chi connectivity index (χ1n) is 7.25. The Hall–Kier alpha value is -0.160. The van der Waals surface area contributed by atoms with E-state index in [2.05, 4.69) is 18.7 Å². The van der Waals surface area contributed by atoms with Crippen LogP contribution in [0.5, 0.6) is 0 Å². The molecule has 3 atom stereocenters. The highest BCUT2D eigenvalue weighted by Gasteiger charge is 2.51. The van der Waals surface area contributed by atoms with E-state index < -0.39 is 0 Å². The molecule has 0 amide bonds. The molecule has 0 aromatic heterocycles. The first kappa shape index (κ1) is 14.3. The van der Waals surface area contributed by atoms with Gasteiger partial charge in [0.15, 0.2) is 0 Å². The molecule has 0 aromatic rings. The van der Waals surface area contributed by atoms with Crippen molar-refractivity contribution in [3.63, 3.8) is 0 Å². The van der Waals surface area contributed by atoms with Crippen molar-refractivity contribution in [1.29, 1.82) is 0 Å². The van der Waals surface area contributed by atoms with Crippen LogP contribution >= 0.6 is 0 Å². The molecular formula is C14H28N2O2. The van der Waals surface area contributed by atoms with E-state index in [0.717, 1.165) is 26.2 Å². The van der Waals surface area contributed by atoms with Crippen molar-refractivity contribution in [3.8, 4) is 0 Å². The molecule has 0 radical (unpaired) electrons. The molecular weight excluding hydrogens is 228 g/mol. The summed E-state index contributed by atoms with van der Waals surface area (Å²) in [7, 11) is 1.79. The van der Waals surface area contributed by atoms with Crippen molar-refractivity contribution in [1.82, 2.24) is 4.90 Å². The Morgan fingerprint density at radius 1 is 1.44 bits per heavy atom. The molecule has 2 fully saturated rings. The smallest absolute Gasteiger partial charge is 0.0675 e. The van der Waals surface area contributed by atoms with Gasteiger partial charge < -0.3 is 15.2 Å². The van der Waals surface area contributed by atoms with Crippen LogP contribution in [-0.4, -0.2) is 56.0 Å². The molecule has 4 nitrogen and oxygen atoms in total. The minimum absolute atomic E-state index is 0.0352. The normalized spacial score (nSPS) is 33.3. The SMILES string of the molecule is CCC1COC(C)CN1C(CN)(COC)C1CC1. The Labute approximate surface area is 111 Å². The van der Waals surface area contributed by atoms with Gasteiger partial charge in [-0.3, -0.25) is 4.90 Å². The highest BCUT2D eigenvalue weighted by molar-refractivity contribution is 5.06. The number of morpholine rings is 1. The molecule has 3 unspecified atom stereocenters. The average Bonchev–Trinajstić information content (AvgIpc) is 3.20. The predicted molar refractivity (Wildman–Crippen MR) is 72.6 cm³/mol. The van der Waals surface area contributed by atoms with Gasteiger partial charge >= 0.3 is 0 Å². The monoisotopic (exact) mass is 256 g/mol. The molecule has 0 aromatic carbocycles. The quantitative estimate of drug-likeness (QED) is 0.777. The van der Waals surface area contributed by atoms with E-state index in [9.17, 15) is 0 Å². The maximum atomic E-state index is 6.17. The third-order valence-electron chi connectivity index (χ3n) is 4.60. The fourth-order valence-electron chi connectivity index (χ4n) is 3.38. The molecule has 1 aliphatic carbocycles. The minimum atomic E-state index is 0.0352. The number of rotatable bonds is 6. The summed E-state index contributed by atoms with van der Waals surface area (Å²) in [6, 6.07) is 0.487. The third kappa shape index (κ3) is 2.57. The second kappa shape index (κ2) is 5.87. The molecule has 2 N–H and O–H groups in total. The Balaban J connectivity index is 2.20. The lowest BCUT2D eigenvalue weighted by Gasteiger charge is -2.51. The van der Waals surface area contributed by atoms with Crippen molar-refractivity contribution in [2.45, 2.75) is 50.8 Å². The highest BCUT2D eigenvalue weighted by atomic mass is 16.5. The van der Waals surface area contributed by atoms with E-state index in [1.54, 1.807) is 7.11 Å². The Morgan fingerprint density at radius 3 is 2.67 bits per heavy atom. The van der Waals surface area contributed by atoms with Crippen molar-refractivity contribution < 1.29 is 9.47 Å². The second-order valence-electron chi connectivity index (χ2n) is 5.87. The lowest BCUT2D eigenvalue weighted by atomic mass is 9.88. The zero-order valence-corrected chi connectivity index (χ0v) is 12.0. The number of nitrogens with two attached hydrogens (primary N) is 1. The van der Waals surface area contributed by atoms with Gasteiger partial charge in [0.25, 0.3) is 0 Å². The van der Waals surface area contributed by atoms with E-state index in [-0.39, 0.29) is 5.54 Å². The first-order valence-corrected chi connectivity index (χ1v) is 7.25. The van der Waals surface area contributed by atoms with Gasteiger partial charge in [-0.15, -0.1) is 0 Å². The summed E-state index contributed by atoms with van der Waals surface area (Å²) in [5.41, 5.74) is 6.20. The first-order chi connectivity index (χ1) is 8.67. The van der Waals surface area contributed by atoms with Crippen LogP contribution in [-0.2, 0) is 9.47 Å². The zero-order valence-electron chi connectivity index (χ0n) is 12.0. The summed E-state index contributed by atoms with van der Waals surface area (Å²) in [4.78, 5) is 2.60. The van der Waals surface area contributed by atoms with Gasteiger partial charge in [-0.1, -0.05) is 6.92 Å². The van der Waals surface area contributed by atoms with Crippen molar-refractivity contribution >= 4 is 0 Å². The molecule has 4 heteroatoms.